The van der Waals surface area contributed by atoms with Gasteiger partial charge in [0, 0.05) is 6.20 Å². The number of hydrogen-bond donors (Lipinski definition) is 1. The predicted octanol–water partition coefficient (Wildman–Crippen LogP) is 3.79. The van der Waals surface area contributed by atoms with Crippen molar-refractivity contribution < 1.29 is 17.2 Å². The van der Waals surface area contributed by atoms with Crippen molar-refractivity contribution in [2.45, 2.75) is 38.0 Å². The topological polar surface area (TPSA) is 97.7 Å². The number of hydrogen-bond acceptors (Lipinski definition) is 6. The lowest BCUT2D eigenvalue weighted by molar-refractivity contribution is 0.243. The van der Waals surface area contributed by atoms with Gasteiger partial charge in [-0.25, -0.2) is 27.2 Å². The molecule has 1 saturated carbocycles. The third-order valence-corrected chi connectivity index (χ3v) is 7.52. The summed E-state index contributed by atoms with van der Waals surface area (Å²) in [4.78, 5) is 8.56. The van der Waals surface area contributed by atoms with Gasteiger partial charge in [0.05, 0.1) is 34.3 Å². The van der Waals surface area contributed by atoms with Crippen LogP contribution in [0.3, 0.4) is 0 Å². The average Bonchev–Trinajstić information content (AvgIpc) is 3.08. The zero-order chi connectivity index (χ0) is 22.9. The molecule has 1 aromatic carbocycles. The van der Waals surface area contributed by atoms with E-state index < -0.39 is 27.1 Å². The van der Waals surface area contributed by atoms with Crippen LogP contribution >= 0.6 is 0 Å². The Bertz CT molecular complexity index is 1340. The Kier molecular flexibility index (Phi) is 4.40. The summed E-state index contributed by atoms with van der Waals surface area (Å²) in [5, 5.41) is 8.66. The van der Waals surface area contributed by atoms with Crippen LogP contribution in [-0.4, -0.2) is 34.8 Å². The molecule has 1 N–H and O–H groups in total. The Labute approximate surface area is 184 Å². The first kappa shape index (κ1) is 20.9. The van der Waals surface area contributed by atoms with Crippen LogP contribution in [-0.2, 0) is 15.4 Å². The molecular weight excluding hydrogens is 436 g/mol. The van der Waals surface area contributed by atoms with E-state index in [1.807, 2.05) is 0 Å². The van der Waals surface area contributed by atoms with Crippen molar-refractivity contribution in [3.63, 3.8) is 0 Å². The van der Waals surface area contributed by atoms with Crippen LogP contribution in [0.4, 0.5) is 14.7 Å². The van der Waals surface area contributed by atoms with Crippen molar-refractivity contribution >= 4 is 16.0 Å². The molecule has 2 aromatic heterocycles. The van der Waals surface area contributed by atoms with Gasteiger partial charge in [0.2, 0.25) is 16.0 Å². The normalized spacial score (nSPS) is 23.2. The standard InChI is InChI=1S/C22H21F2N5O2S/c1-21(2)13-7-9-22(21,17-8-10-25-20(26-17)29-32(3,30)31)19-12(13)11-16(27-28-19)18-14(23)5-4-6-15(18)24/h4-6,8,10-11,13H,7,9H2,1-3H3,(H,25,26,29)/t13-,22+/m0/s1. The van der Waals surface area contributed by atoms with Crippen molar-refractivity contribution in [2.24, 2.45) is 5.41 Å². The zero-order valence-electron chi connectivity index (χ0n) is 17.7. The fourth-order valence-corrected chi connectivity index (χ4v) is 6.00. The molecule has 2 bridgehead atoms. The third-order valence-electron chi connectivity index (χ3n) is 6.97. The van der Waals surface area contributed by atoms with E-state index >= 15 is 0 Å². The van der Waals surface area contributed by atoms with Crippen molar-refractivity contribution in [2.75, 3.05) is 11.0 Å². The van der Waals surface area contributed by atoms with E-state index in [4.69, 9.17) is 0 Å². The number of sulfonamides is 1. The fraction of sp³-hybridized carbons (Fsp3) is 0.364. The summed E-state index contributed by atoms with van der Waals surface area (Å²) < 4.78 is 54.4. The van der Waals surface area contributed by atoms with Gasteiger partial charge in [0.1, 0.15) is 11.6 Å². The first-order valence-electron chi connectivity index (χ1n) is 10.2. The van der Waals surface area contributed by atoms with E-state index in [1.165, 1.54) is 24.4 Å². The summed E-state index contributed by atoms with van der Waals surface area (Å²) in [5.74, 6) is -1.31. The number of nitrogens with one attached hydrogen (secondary N) is 1. The molecule has 10 heteroatoms. The van der Waals surface area contributed by atoms with Gasteiger partial charge >= 0.3 is 0 Å². The van der Waals surface area contributed by atoms with E-state index in [1.54, 1.807) is 12.1 Å². The van der Waals surface area contributed by atoms with E-state index in [0.717, 1.165) is 24.7 Å². The van der Waals surface area contributed by atoms with Gasteiger partial charge in [-0.3, -0.25) is 4.72 Å². The molecule has 2 aliphatic rings. The van der Waals surface area contributed by atoms with Gasteiger partial charge in [-0.1, -0.05) is 19.9 Å². The second kappa shape index (κ2) is 6.74. The van der Waals surface area contributed by atoms with E-state index in [-0.39, 0.29) is 28.5 Å². The number of benzene rings is 1. The number of nitrogens with zero attached hydrogens (tertiary/aromatic N) is 4. The van der Waals surface area contributed by atoms with Gasteiger partial charge in [0.15, 0.2) is 0 Å². The van der Waals surface area contributed by atoms with E-state index in [9.17, 15) is 17.2 Å². The molecule has 0 amide bonds. The van der Waals surface area contributed by atoms with Crippen LogP contribution in [0, 0.1) is 17.0 Å². The number of rotatable bonds is 4. The molecule has 2 aliphatic carbocycles. The highest BCUT2D eigenvalue weighted by atomic mass is 32.2. The molecule has 3 aromatic rings. The van der Waals surface area contributed by atoms with Crippen LogP contribution in [0.2, 0.25) is 0 Å². The molecule has 7 nitrogen and oxygen atoms in total. The van der Waals surface area contributed by atoms with E-state index in [0.29, 0.717) is 11.4 Å². The number of anilines is 1. The Morgan fingerprint density at radius 1 is 1.12 bits per heavy atom. The lowest BCUT2D eigenvalue weighted by Crippen LogP contribution is -2.38. The van der Waals surface area contributed by atoms with Crippen molar-refractivity contribution in [3.8, 4) is 11.3 Å². The summed E-state index contributed by atoms with van der Waals surface area (Å²) in [7, 11) is -3.54. The molecule has 32 heavy (non-hydrogen) atoms. The molecule has 2 heterocycles. The molecule has 2 atom stereocenters. The average molecular weight is 458 g/mol. The summed E-state index contributed by atoms with van der Waals surface area (Å²) in [5.41, 5.74) is 1.26. The minimum Gasteiger partial charge on any atom is -0.251 e. The summed E-state index contributed by atoms with van der Waals surface area (Å²) in [6.07, 6.45) is 4.14. The smallest absolute Gasteiger partial charge is 0.236 e. The molecule has 0 radical (unpaired) electrons. The minimum atomic E-state index is -3.54. The molecule has 1 fully saturated rings. The molecule has 5 rings (SSSR count). The van der Waals surface area contributed by atoms with Crippen LogP contribution in [0.5, 0.6) is 0 Å². The maximum atomic E-state index is 14.4. The van der Waals surface area contributed by atoms with Crippen LogP contribution < -0.4 is 4.72 Å². The highest BCUT2D eigenvalue weighted by Crippen LogP contribution is 2.69. The Morgan fingerprint density at radius 2 is 1.84 bits per heavy atom. The maximum absolute atomic E-state index is 14.4. The lowest BCUT2D eigenvalue weighted by atomic mass is 9.66. The molecule has 0 aliphatic heterocycles. The quantitative estimate of drug-likeness (QED) is 0.640. The summed E-state index contributed by atoms with van der Waals surface area (Å²) in [6.45, 7) is 4.23. The molecule has 0 unspecified atom stereocenters. The van der Waals surface area contributed by atoms with Gasteiger partial charge in [-0.05, 0) is 54.0 Å². The first-order chi connectivity index (χ1) is 15.0. The first-order valence-corrected chi connectivity index (χ1v) is 12.1. The molecule has 166 valence electrons. The third kappa shape index (κ3) is 2.85. The highest BCUT2D eigenvalue weighted by Gasteiger charge is 2.65. The van der Waals surface area contributed by atoms with Crippen LogP contribution in [0.25, 0.3) is 11.3 Å². The second-order valence-electron chi connectivity index (χ2n) is 8.99. The Hall–Kier alpha value is -3.01. The van der Waals surface area contributed by atoms with Gasteiger partial charge < -0.3 is 0 Å². The number of halogens is 2. The van der Waals surface area contributed by atoms with Crippen LogP contribution in [0.1, 0.15) is 49.6 Å². The van der Waals surface area contributed by atoms with Crippen molar-refractivity contribution in [1.29, 1.82) is 0 Å². The Balaban J connectivity index is 1.68. The highest BCUT2D eigenvalue weighted by molar-refractivity contribution is 7.91. The summed E-state index contributed by atoms with van der Waals surface area (Å²) in [6, 6.07) is 7.20. The van der Waals surface area contributed by atoms with Gasteiger partial charge in [-0.2, -0.15) is 5.10 Å². The Morgan fingerprint density at radius 3 is 2.53 bits per heavy atom. The number of aromatic nitrogens is 4. The monoisotopic (exact) mass is 457 g/mol. The second-order valence-corrected chi connectivity index (χ2v) is 10.7. The SMILES string of the molecule is CC1(C)[C@H]2CC[C@@]1(c1ccnc(NS(C)(=O)=O)n1)c1nnc(-c3c(F)cccc3F)cc12. The fourth-order valence-electron chi connectivity index (χ4n) is 5.57. The largest absolute Gasteiger partial charge is 0.251 e. The van der Waals surface area contributed by atoms with Crippen molar-refractivity contribution in [3.05, 3.63) is 65.1 Å². The lowest BCUT2D eigenvalue weighted by Gasteiger charge is -2.37. The molecule has 0 spiro atoms. The van der Waals surface area contributed by atoms with Crippen molar-refractivity contribution in [1.82, 2.24) is 20.2 Å². The molecule has 0 saturated heterocycles. The summed E-state index contributed by atoms with van der Waals surface area (Å²) >= 11 is 0. The number of fused-ring (bicyclic) bond motifs is 5. The molecular formula is C22H21F2N5O2S. The predicted molar refractivity (Wildman–Crippen MR) is 114 cm³/mol. The maximum Gasteiger partial charge on any atom is 0.236 e. The minimum absolute atomic E-state index is 0.00918. The zero-order valence-corrected chi connectivity index (χ0v) is 18.5. The van der Waals surface area contributed by atoms with Gasteiger partial charge in [0.25, 0.3) is 0 Å². The van der Waals surface area contributed by atoms with E-state index in [2.05, 4.69) is 38.7 Å². The van der Waals surface area contributed by atoms with Gasteiger partial charge in [-0.15, -0.1) is 5.10 Å². The van der Waals surface area contributed by atoms with Crippen LogP contribution in [0.15, 0.2) is 36.5 Å².